The van der Waals surface area contributed by atoms with Gasteiger partial charge in [-0.25, -0.2) is 0 Å². The molecular weight excluding hydrogens is 463 g/mol. The number of anilines is 1. The maximum absolute atomic E-state index is 12.9. The van der Waals surface area contributed by atoms with Crippen LogP contribution in [0.15, 0.2) is 18.2 Å². The Bertz CT molecular complexity index is 863. The van der Waals surface area contributed by atoms with Gasteiger partial charge in [-0.2, -0.15) is 0 Å². The first-order valence-corrected chi connectivity index (χ1v) is 11.2. The summed E-state index contributed by atoms with van der Waals surface area (Å²) >= 11 is -0.487. The second-order valence-electron chi connectivity index (χ2n) is 6.95. The van der Waals surface area contributed by atoms with Crippen molar-refractivity contribution in [3.05, 3.63) is 29.3 Å². The number of hydrogen-bond acceptors (Lipinski definition) is 6. The molecule has 27 heavy (non-hydrogen) atoms. The number of alkyl halides is 1. The first-order valence-electron chi connectivity index (χ1n) is 8.89. The molecule has 2 saturated heterocycles. The maximum atomic E-state index is 12.9. The summed E-state index contributed by atoms with van der Waals surface area (Å²) in [5.41, 5.74) is 1.51. The monoisotopic (exact) mass is 482 g/mol. The van der Waals surface area contributed by atoms with E-state index in [1.54, 1.807) is 12.1 Å². The second-order valence-corrected chi connectivity index (χ2v) is 9.33. The highest BCUT2D eigenvalue weighted by molar-refractivity contribution is 14.1. The standard InChI is InChI=1S/C18H19IN4O4/c20-19-10-5-7-22(8-6-10)11-1-2-12-13(9-11)18(27)23(17(12)26)14-3-4-15(24)21-16(14)25/h1-2,9-10,14,20H,3-8H2,(H,21,24,25). The van der Waals surface area contributed by atoms with Gasteiger partial charge in [-0.15, -0.1) is 0 Å². The zero-order valence-corrected chi connectivity index (χ0v) is 16.7. The number of nitrogens with zero attached hydrogens (tertiary/aromatic N) is 2. The molecule has 3 aliphatic rings. The summed E-state index contributed by atoms with van der Waals surface area (Å²) in [6.45, 7) is 1.70. The predicted octanol–water partition coefficient (Wildman–Crippen LogP) is 1.79. The Hall–Kier alpha value is -2.17. The number of carbonyl (C=O) groups excluding carboxylic acids is 4. The molecule has 1 unspecified atom stereocenters. The minimum Gasteiger partial charge on any atom is -0.371 e. The van der Waals surface area contributed by atoms with Crippen LogP contribution in [0.3, 0.4) is 0 Å². The summed E-state index contributed by atoms with van der Waals surface area (Å²) in [6.07, 6.45) is 2.25. The van der Waals surface area contributed by atoms with Crippen molar-refractivity contribution in [3.8, 4) is 0 Å². The number of piperidine rings is 2. The third-order valence-corrected chi connectivity index (χ3v) is 7.49. The minimum atomic E-state index is -0.935. The summed E-state index contributed by atoms with van der Waals surface area (Å²) in [5, 5.41) is 2.20. The molecule has 1 aromatic rings. The molecule has 4 amide bonds. The first-order chi connectivity index (χ1) is 13.0. The number of imide groups is 2. The average molecular weight is 482 g/mol. The van der Waals surface area contributed by atoms with Crippen molar-refractivity contribution in [1.82, 2.24) is 10.2 Å². The Morgan fingerprint density at radius 3 is 2.37 bits per heavy atom. The van der Waals surface area contributed by atoms with Crippen molar-refractivity contribution in [2.45, 2.75) is 35.6 Å². The van der Waals surface area contributed by atoms with Crippen LogP contribution in [0, 0.1) is 3.56 Å². The number of rotatable bonds is 3. The first kappa shape index (κ1) is 18.2. The van der Waals surface area contributed by atoms with Gasteiger partial charge in [0.15, 0.2) is 0 Å². The van der Waals surface area contributed by atoms with Crippen LogP contribution < -0.4 is 10.2 Å². The highest BCUT2D eigenvalue weighted by Gasteiger charge is 2.44. The SMILES string of the molecule is N=IC1CCN(c2ccc3c(c2)C(=O)N(C2CCC(=O)NC2=O)C3=O)CC1. The van der Waals surface area contributed by atoms with Gasteiger partial charge in [0.2, 0.25) is 11.8 Å². The number of fused-ring (bicyclic) bond motifs is 1. The third-order valence-electron chi connectivity index (χ3n) is 5.37. The lowest BCUT2D eigenvalue weighted by Gasteiger charge is -2.31. The summed E-state index contributed by atoms with van der Waals surface area (Å²) in [7, 11) is 0. The number of benzene rings is 1. The lowest BCUT2D eigenvalue weighted by Crippen LogP contribution is -2.54. The molecule has 8 nitrogen and oxygen atoms in total. The Morgan fingerprint density at radius 1 is 1.00 bits per heavy atom. The van der Waals surface area contributed by atoms with E-state index >= 15 is 0 Å². The van der Waals surface area contributed by atoms with E-state index in [2.05, 4.69) is 10.2 Å². The molecule has 3 heterocycles. The molecule has 3 aliphatic heterocycles. The zero-order valence-electron chi connectivity index (χ0n) is 14.5. The summed E-state index contributed by atoms with van der Waals surface area (Å²) in [4.78, 5) is 52.2. The van der Waals surface area contributed by atoms with E-state index in [1.165, 1.54) is 0 Å². The number of nitrogens with one attached hydrogen (secondary N) is 2. The average Bonchev–Trinajstić information content (AvgIpc) is 2.92. The fourth-order valence-electron chi connectivity index (χ4n) is 3.87. The Balaban J connectivity index is 1.58. The van der Waals surface area contributed by atoms with E-state index in [-0.39, 0.29) is 18.7 Å². The van der Waals surface area contributed by atoms with Crippen LogP contribution in [-0.4, -0.2) is 51.6 Å². The van der Waals surface area contributed by atoms with Gasteiger partial charge in [-0.05, 0) is 58.5 Å². The summed E-state index contributed by atoms with van der Waals surface area (Å²) in [5.74, 6) is -1.93. The highest BCUT2D eigenvalue weighted by Crippen LogP contribution is 2.32. The van der Waals surface area contributed by atoms with Crippen LogP contribution in [0.1, 0.15) is 46.4 Å². The molecule has 0 bridgehead atoms. The van der Waals surface area contributed by atoms with Gasteiger partial charge in [0.05, 0.1) is 11.1 Å². The molecule has 2 N–H and O–H groups in total. The van der Waals surface area contributed by atoms with Gasteiger partial charge < -0.3 is 4.90 Å². The zero-order chi connectivity index (χ0) is 19.1. The van der Waals surface area contributed by atoms with Gasteiger partial charge in [0.25, 0.3) is 11.8 Å². The topological polar surface area (TPSA) is 111 Å². The lowest BCUT2D eigenvalue weighted by molar-refractivity contribution is -0.136. The maximum Gasteiger partial charge on any atom is 0.262 e. The molecule has 2 fully saturated rings. The number of carbonyl (C=O) groups is 4. The van der Waals surface area contributed by atoms with Crippen LogP contribution >= 0.6 is 21.0 Å². The fourth-order valence-corrected chi connectivity index (χ4v) is 5.05. The molecule has 4 rings (SSSR count). The summed E-state index contributed by atoms with van der Waals surface area (Å²) in [6, 6.07) is 4.29. The molecule has 1 atom stereocenters. The number of amides is 4. The normalized spacial score (nSPS) is 23.6. The van der Waals surface area contributed by atoms with Crippen molar-refractivity contribution in [2.24, 2.45) is 0 Å². The molecule has 0 spiro atoms. The van der Waals surface area contributed by atoms with Crippen LogP contribution in [0.2, 0.25) is 0 Å². The Morgan fingerprint density at radius 2 is 1.70 bits per heavy atom. The van der Waals surface area contributed by atoms with Crippen LogP contribution in [0.4, 0.5) is 5.69 Å². The van der Waals surface area contributed by atoms with Crippen molar-refractivity contribution < 1.29 is 19.2 Å². The molecule has 0 aliphatic carbocycles. The van der Waals surface area contributed by atoms with E-state index in [0.717, 1.165) is 36.5 Å². The van der Waals surface area contributed by atoms with Gasteiger partial charge in [-0.1, -0.05) is 0 Å². The third kappa shape index (κ3) is 3.17. The van der Waals surface area contributed by atoms with Crippen molar-refractivity contribution >= 4 is 50.3 Å². The molecular formula is C18H19IN4O4. The smallest absolute Gasteiger partial charge is 0.262 e. The van der Waals surface area contributed by atoms with E-state index in [4.69, 9.17) is 3.56 Å². The molecule has 0 saturated carbocycles. The number of hydrogen-bond donors (Lipinski definition) is 2. The van der Waals surface area contributed by atoms with Crippen molar-refractivity contribution in [3.63, 3.8) is 0 Å². The molecule has 142 valence electrons. The molecule has 1 aromatic carbocycles. The molecule has 0 radical (unpaired) electrons. The Labute approximate surface area is 166 Å². The van der Waals surface area contributed by atoms with Gasteiger partial charge >= 0.3 is 0 Å². The summed E-state index contributed by atoms with van der Waals surface area (Å²) < 4.78 is 8.14. The quantitative estimate of drug-likeness (QED) is 0.388. The van der Waals surface area contributed by atoms with E-state index in [9.17, 15) is 19.2 Å². The molecule has 0 aromatic heterocycles. The minimum absolute atomic E-state index is 0.114. The van der Waals surface area contributed by atoms with Crippen LogP contribution in [0.5, 0.6) is 0 Å². The van der Waals surface area contributed by atoms with Gasteiger partial charge in [0.1, 0.15) is 6.04 Å². The predicted molar refractivity (Wildman–Crippen MR) is 105 cm³/mol. The number of halogens is 1. The van der Waals surface area contributed by atoms with Gasteiger partial charge in [0, 0.05) is 29.1 Å². The Kier molecular flexibility index (Phi) is 4.79. The van der Waals surface area contributed by atoms with Gasteiger partial charge in [-0.3, -0.25) is 33.0 Å². The highest BCUT2D eigenvalue weighted by atomic mass is 127. The second kappa shape index (κ2) is 7.10. The van der Waals surface area contributed by atoms with Crippen LogP contribution in [-0.2, 0) is 9.59 Å². The fraction of sp³-hybridized carbons (Fsp3) is 0.444. The lowest BCUT2D eigenvalue weighted by atomic mass is 10.0. The van der Waals surface area contributed by atoms with E-state index in [1.807, 2.05) is 6.07 Å². The van der Waals surface area contributed by atoms with Crippen molar-refractivity contribution in [2.75, 3.05) is 18.0 Å². The van der Waals surface area contributed by atoms with E-state index in [0.29, 0.717) is 15.1 Å². The van der Waals surface area contributed by atoms with E-state index < -0.39 is 44.8 Å². The van der Waals surface area contributed by atoms with Crippen LogP contribution in [0.25, 0.3) is 0 Å². The van der Waals surface area contributed by atoms with Crippen molar-refractivity contribution in [1.29, 1.82) is 3.56 Å². The molecule has 9 heteroatoms. The largest absolute Gasteiger partial charge is 0.371 e.